The second kappa shape index (κ2) is 8.52. The molecule has 1 aromatic heterocycles. The highest BCUT2D eigenvalue weighted by Gasteiger charge is 2.26. The Morgan fingerprint density at radius 1 is 1.29 bits per heavy atom. The molecule has 1 fully saturated rings. The fourth-order valence-corrected chi connectivity index (χ4v) is 3.17. The van der Waals surface area contributed by atoms with Crippen molar-refractivity contribution in [3.63, 3.8) is 0 Å². The lowest BCUT2D eigenvalue weighted by Gasteiger charge is -2.31. The number of hydrogen-bond donors (Lipinski definition) is 1. The second-order valence-electron chi connectivity index (χ2n) is 6.85. The fourth-order valence-electron chi connectivity index (χ4n) is 3.17. The van der Waals surface area contributed by atoms with Crippen LogP contribution in [0.1, 0.15) is 71.0 Å². The maximum Gasteiger partial charge on any atom is 0.226 e. The van der Waals surface area contributed by atoms with Gasteiger partial charge in [-0.05, 0) is 44.1 Å². The molecule has 1 heterocycles. The summed E-state index contributed by atoms with van der Waals surface area (Å²) in [6.07, 6.45) is 9.46. The summed E-state index contributed by atoms with van der Waals surface area (Å²) >= 11 is 0. The van der Waals surface area contributed by atoms with Gasteiger partial charge < -0.3 is 9.84 Å². The van der Waals surface area contributed by atoms with Crippen LogP contribution in [0.25, 0.3) is 0 Å². The zero-order valence-electron chi connectivity index (χ0n) is 13.9. The van der Waals surface area contributed by atoms with Crippen LogP contribution in [-0.4, -0.2) is 22.7 Å². The highest BCUT2D eigenvalue weighted by atomic mass is 16.5. The van der Waals surface area contributed by atoms with Gasteiger partial charge in [-0.1, -0.05) is 38.8 Å². The van der Waals surface area contributed by atoms with Crippen molar-refractivity contribution >= 4 is 0 Å². The minimum atomic E-state index is 0.629. The third-order valence-corrected chi connectivity index (χ3v) is 4.46. The van der Waals surface area contributed by atoms with E-state index in [2.05, 4.69) is 36.2 Å². The molecule has 0 saturated heterocycles. The van der Waals surface area contributed by atoms with Gasteiger partial charge in [-0.2, -0.15) is 4.98 Å². The highest BCUT2D eigenvalue weighted by Crippen LogP contribution is 2.27. The van der Waals surface area contributed by atoms with E-state index in [0.29, 0.717) is 17.9 Å². The van der Waals surface area contributed by atoms with E-state index in [9.17, 15) is 0 Å². The predicted molar refractivity (Wildman–Crippen MR) is 85.2 cm³/mol. The lowest BCUT2D eigenvalue weighted by Crippen LogP contribution is -2.39. The second-order valence-corrected chi connectivity index (χ2v) is 6.85. The molecule has 0 radical (unpaired) electrons. The summed E-state index contributed by atoms with van der Waals surface area (Å²) in [6, 6.07) is 0.629. The molecule has 2 atom stereocenters. The van der Waals surface area contributed by atoms with Gasteiger partial charge in [-0.15, -0.1) is 0 Å². The number of rotatable bonds is 8. The van der Waals surface area contributed by atoms with E-state index in [1.54, 1.807) is 0 Å². The fraction of sp³-hybridized carbons (Fsp3) is 0.882. The van der Waals surface area contributed by atoms with Gasteiger partial charge in [0.25, 0.3) is 0 Å². The van der Waals surface area contributed by atoms with Gasteiger partial charge in [0.05, 0.1) is 0 Å². The van der Waals surface area contributed by atoms with Crippen molar-refractivity contribution in [1.29, 1.82) is 0 Å². The van der Waals surface area contributed by atoms with Crippen molar-refractivity contribution in [2.45, 2.75) is 78.2 Å². The summed E-state index contributed by atoms with van der Waals surface area (Å²) in [5.74, 6) is 3.06. The van der Waals surface area contributed by atoms with Gasteiger partial charge in [0.1, 0.15) is 0 Å². The molecule has 1 aliphatic carbocycles. The van der Waals surface area contributed by atoms with E-state index < -0.39 is 0 Å². The molecule has 1 aromatic rings. The van der Waals surface area contributed by atoms with Gasteiger partial charge in [0.15, 0.2) is 5.82 Å². The number of hydrogen-bond acceptors (Lipinski definition) is 4. The summed E-state index contributed by atoms with van der Waals surface area (Å²) in [6.45, 7) is 7.80. The molecular formula is C17H31N3O. The summed E-state index contributed by atoms with van der Waals surface area (Å²) in [5.41, 5.74) is 0. The van der Waals surface area contributed by atoms with Crippen LogP contribution in [0.2, 0.25) is 0 Å². The maximum atomic E-state index is 5.46. The molecule has 0 amide bonds. The van der Waals surface area contributed by atoms with E-state index in [0.717, 1.165) is 37.5 Å². The molecule has 1 saturated carbocycles. The third kappa shape index (κ3) is 5.42. The first-order valence-electron chi connectivity index (χ1n) is 8.73. The predicted octanol–water partition coefficient (Wildman–Crippen LogP) is 3.76. The number of nitrogens with zero attached hydrogens (tertiary/aromatic N) is 2. The average molecular weight is 293 g/mol. The first-order valence-corrected chi connectivity index (χ1v) is 8.73. The molecule has 0 bridgehead atoms. The molecule has 120 valence electrons. The maximum absolute atomic E-state index is 5.46. The van der Waals surface area contributed by atoms with Crippen LogP contribution >= 0.6 is 0 Å². The lowest BCUT2D eigenvalue weighted by atomic mass is 9.82. The number of aromatic nitrogens is 2. The number of aryl methyl sites for hydroxylation is 1. The van der Waals surface area contributed by atoms with Gasteiger partial charge in [0.2, 0.25) is 5.89 Å². The lowest BCUT2D eigenvalue weighted by molar-refractivity contribution is 0.239. The van der Waals surface area contributed by atoms with Gasteiger partial charge in [0, 0.05) is 18.9 Å². The monoisotopic (exact) mass is 293 g/mol. The quantitative estimate of drug-likeness (QED) is 0.793. The summed E-state index contributed by atoms with van der Waals surface area (Å²) in [7, 11) is 0. The molecule has 0 aliphatic heterocycles. The van der Waals surface area contributed by atoms with E-state index in [4.69, 9.17) is 4.52 Å². The molecule has 2 rings (SSSR count). The van der Waals surface area contributed by atoms with Crippen molar-refractivity contribution in [3.8, 4) is 0 Å². The SMILES string of the molecule is CCCNC1CCCCC1Cc1nc(CCC(C)C)no1. The third-order valence-electron chi connectivity index (χ3n) is 4.46. The molecule has 1 N–H and O–H groups in total. The zero-order valence-corrected chi connectivity index (χ0v) is 13.9. The Morgan fingerprint density at radius 2 is 2.10 bits per heavy atom. The smallest absolute Gasteiger partial charge is 0.226 e. The van der Waals surface area contributed by atoms with Crippen LogP contribution in [0, 0.1) is 11.8 Å². The van der Waals surface area contributed by atoms with E-state index in [1.165, 1.54) is 32.1 Å². The Kier molecular flexibility index (Phi) is 6.68. The van der Waals surface area contributed by atoms with Crippen molar-refractivity contribution < 1.29 is 4.52 Å². The van der Waals surface area contributed by atoms with Gasteiger partial charge >= 0.3 is 0 Å². The normalized spacial score (nSPS) is 22.9. The van der Waals surface area contributed by atoms with Crippen molar-refractivity contribution in [3.05, 3.63) is 11.7 Å². The van der Waals surface area contributed by atoms with Gasteiger partial charge in [-0.3, -0.25) is 0 Å². The van der Waals surface area contributed by atoms with Gasteiger partial charge in [-0.25, -0.2) is 0 Å². The molecule has 1 aliphatic rings. The van der Waals surface area contributed by atoms with Crippen LogP contribution < -0.4 is 5.32 Å². The Hall–Kier alpha value is -0.900. The molecule has 2 unspecified atom stereocenters. The highest BCUT2D eigenvalue weighted by molar-refractivity contribution is 4.92. The largest absolute Gasteiger partial charge is 0.339 e. The van der Waals surface area contributed by atoms with Crippen LogP contribution in [0.4, 0.5) is 0 Å². The topological polar surface area (TPSA) is 51.0 Å². The molecular weight excluding hydrogens is 262 g/mol. The first-order chi connectivity index (χ1) is 10.2. The summed E-state index contributed by atoms with van der Waals surface area (Å²) in [5, 5.41) is 7.83. The van der Waals surface area contributed by atoms with Crippen molar-refractivity contribution in [1.82, 2.24) is 15.5 Å². The Labute approximate surface area is 129 Å². The van der Waals surface area contributed by atoms with Crippen molar-refractivity contribution in [2.24, 2.45) is 11.8 Å². The average Bonchev–Trinajstić information content (AvgIpc) is 2.92. The van der Waals surface area contributed by atoms with Crippen molar-refractivity contribution in [2.75, 3.05) is 6.54 Å². The van der Waals surface area contributed by atoms with E-state index in [-0.39, 0.29) is 0 Å². The minimum Gasteiger partial charge on any atom is -0.339 e. The van der Waals surface area contributed by atoms with E-state index >= 15 is 0 Å². The molecule has 21 heavy (non-hydrogen) atoms. The minimum absolute atomic E-state index is 0.629. The summed E-state index contributed by atoms with van der Waals surface area (Å²) < 4.78 is 5.46. The molecule has 0 aromatic carbocycles. The Morgan fingerprint density at radius 3 is 2.86 bits per heavy atom. The Bertz CT molecular complexity index is 402. The van der Waals surface area contributed by atoms with Crippen LogP contribution in [0.3, 0.4) is 0 Å². The standard InChI is InChI=1S/C17H31N3O/c1-4-11-18-15-8-6-5-7-14(15)12-17-19-16(20-21-17)10-9-13(2)3/h13-15,18H,4-12H2,1-3H3. The van der Waals surface area contributed by atoms with E-state index in [1.807, 2.05) is 0 Å². The van der Waals surface area contributed by atoms with Crippen LogP contribution in [0.5, 0.6) is 0 Å². The number of nitrogens with one attached hydrogen (secondary N) is 1. The Balaban J connectivity index is 1.86. The summed E-state index contributed by atoms with van der Waals surface area (Å²) in [4.78, 5) is 4.59. The van der Waals surface area contributed by atoms with Crippen LogP contribution in [0.15, 0.2) is 4.52 Å². The molecule has 0 spiro atoms. The first kappa shape index (κ1) is 16.5. The molecule has 4 heteroatoms. The zero-order chi connectivity index (χ0) is 15.1. The van der Waals surface area contributed by atoms with Crippen LogP contribution in [-0.2, 0) is 12.8 Å². The molecule has 4 nitrogen and oxygen atoms in total.